The van der Waals surface area contributed by atoms with Crippen molar-refractivity contribution in [1.29, 1.82) is 0 Å². The standard InChI is InChI=1S/C13H11ClFN3O/c14-12-5-10(15)1-2-11(12)13(19)18-4-3-9-6-16-8-17-7-9/h1-2,5-8H,3-4H2,(H,18,19). The molecule has 0 spiro atoms. The summed E-state index contributed by atoms with van der Waals surface area (Å²) in [6, 6.07) is 3.67. The summed E-state index contributed by atoms with van der Waals surface area (Å²) in [5.74, 6) is -0.801. The van der Waals surface area contributed by atoms with E-state index in [9.17, 15) is 9.18 Å². The number of carbonyl (C=O) groups excluding carboxylic acids is 1. The van der Waals surface area contributed by atoms with Gasteiger partial charge in [-0.25, -0.2) is 14.4 Å². The first-order valence-corrected chi connectivity index (χ1v) is 6.02. The predicted molar refractivity (Wildman–Crippen MR) is 69.5 cm³/mol. The van der Waals surface area contributed by atoms with Gasteiger partial charge >= 0.3 is 0 Å². The van der Waals surface area contributed by atoms with Crippen molar-refractivity contribution in [2.24, 2.45) is 0 Å². The van der Waals surface area contributed by atoms with Gasteiger partial charge in [-0.3, -0.25) is 4.79 Å². The minimum atomic E-state index is -0.469. The molecular formula is C13H11ClFN3O. The maximum atomic E-state index is 12.9. The monoisotopic (exact) mass is 279 g/mol. The molecule has 0 saturated carbocycles. The van der Waals surface area contributed by atoms with E-state index in [1.165, 1.54) is 18.5 Å². The number of carbonyl (C=O) groups is 1. The Balaban J connectivity index is 1.91. The summed E-state index contributed by atoms with van der Waals surface area (Å²) in [7, 11) is 0. The Morgan fingerprint density at radius 2 is 2.05 bits per heavy atom. The van der Waals surface area contributed by atoms with E-state index in [0.29, 0.717) is 13.0 Å². The van der Waals surface area contributed by atoms with Crippen LogP contribution in [-0.4, -0.2) is 22.4 Å². The molecule has 0 unspecified atom stereocenters. The molecule has 0 aliphatic carbocycles. The van der Waals surface area contributed by atoms with Crippen molar-refractivity contribution in [2.75, 3.05) is 6.54 Å². The van der Waals surface area contributed by atoms with Gasteiger partial charge in [-0.1, -0.05) is 11.6 Å². The van der Waals surface area contributed by atoms with Crippen molar-refractivity contribution in [3.8, 4) is 0 Å². The Labute approximate surface area is 114 Å². The van der Waals surface area contributed by atoms with E-state index in [1.54, 1.807) is 12.4 Å². The van der Waals surface area contributed by atoms with Crippen LogP contribution < -0.4 is 5.32 Å². The molecule has 1 aromatic carbocycles. The van der Waals surface area contributed by atoms with E-state index in [4.69, 9.17) is 11.6 Å². The Kier molecular flexibility index (Phi) is 4.41. The van der Waals surface area contributed by atoms with Gasteiger partial charge in [-0.15, -0.1) is 0 Å². The van der Waals surface area contributed by atoms with Crippen molar-refractivity contribution >= 4 is 17.5 Å². The summed E-state index contributed by atoms with van der Waals surface area (Å²) in [6.07, 6.45) is 5.43. The summed E-state index contributed by atoms with van der Waals surface area (Å²) in [5, 5.41) is 2.80. The highest BCUT2D eigenvalue weighted by Gasteiger charge is 2.10. The highest BCUT2D eigenvalue weighted by Crippen LogP contribution is 2.16. The van der Waals surface area contributed by atoms with Gasteiger partial charge in [-0.05, 0) is 30.2 Å². The third kappa shape index (κ3) is 3.72. The molecule has 2 rings (SSSR count). The molecule has 0 aliphatic rings. The Bertz CT molecular complexity index is 577. The fourth-order valence-electron chi connectivity index (χ4n) is 1.55. The number of hydrogen-bond donors (Lipinski definition) is 1. The number of nitrogens with one attached hydrogen (secondary N) is 1. The molecule has 1 aromatic heterocycles. The van der Waals surface area contributed by atoms with Crippen LogP contribution in [0.15, 0.2) is 36.9 Å². The van der Waals surface area contributed by atoms with Gasteiger partial charge in [0.25, 0.3) is 5.91 Å². The molecule has 0 fully saturated rings. The maximum Gasteiger partial charge on any atom is 0.252 e. The van der Waals surface area contributed by atoms with Crippen LogP contribution in [0.2, 0.25) is 5.02 Å². The Morgan fingerprint density at radius 3 is 2.74 bits per heavy atom. The van der Waals surface area contributed by atoms with E-state index < -0.39 is 5.82 Å². The van der Waals surface area contributed by atoms with Crippen molar-refractivity contribution < 1.29 is 9.18 Å². The van der Waals surface area contributed by atoms with Gasteiger partial charge in [-0.2, -0.15) is 0 Å². The lowest BCUT2D eigenvalue weighted by Crippen LogP contribution is -2.26. The first-order valence-electron chi connectivity index (χ1n) is 5.64. The van der Waals surface area contributed by atoms with E-state index in [1.807, 2.05) is 0 Å². The zero-order valence-corrected chi connectivity index (χ0v) is 10.7. The quantitative estimate of drug-likeness (QED) is 0.934. The molecule has 6 heteroatoms. The molecule has 4 nitrogen and oxygen atoms in total. The fourth-order valence-corrected chi connectivity index (χ4v) is 1.80. The molecule has 1 heterocycles. The smallest absolute Gasteiger partial charge is 0.252 e. The summed E-state index contributed by atoms with van der Waals surface area (Å²) in [4.78, 5) is 19.6. The van der Waals surface area contributed by atoms with Crippen LogP contribution in [0.3, 0.4) is 0 Å². The first kappa shape index (κ1) is 13.4. The first-order chi connectivity index (χ1) is 9.16. The minimum Gasteiger partial charge on any atom is -0.352 e. The van der Waals surface area contributed by atoms with Crippen LogP contribution >= 0.6 is 11.6 Å². The number of rotatable bonds is 4. The molecule has 0 aliphatic heterocycles. The molecule has 0 bridgehead atoms. The van der Waals surface area contributed by atoms with Crippen LogP contribution in [0, 0.1) is 5.82 Å². The highest BCUT2D eigenvalue weighted by atomic mass is 35.5. The van der Waals surface area contributed by atoms with E-state index in [0.717, 1.165) is 11.6 Å². The fraction of sp³-hybridized carbons (Fsp3) is 0.154. The molecule has 19 heavy (non-hydrogen) atoms. The largest absolute Gasteiger partial charge is 0.352 e. The van der Waals surface area contributed by atoms with E-state index in [-0.39, 0.29) is 16.5 Å². The minimum absolute atomic E-state index is 0.0977. The second kappa shape index (κ2) is 6.24. The molecule has 1 amide bonds. The zero-order chi connectivity index (χ0) is 13.7. The number of halogens is 2. The normalized spacial score (nSPS) is 10.2. The van der Waals surface area contributed by atoms with E-state index in [2.05, 4.69) is 15.3 Å². The molecular weight excluding hydrogens is 269 g/mol. The van der Waals surface area contributed by atoms with Gasteiger partial charge in [0.2, 0.25) is 0 Å². The van der Waals surface area contributed by atoms with Crippen LogP contribution in [0.1, 0.15) is 15.9 Å². The van der Waals surface area contributed by atoms with Crippen LogP contribution in [0.25, 0.3) is 0 Å². The van der Waals surface area contributed by atoms with Crippen molar-refractivity contribution in [3.63, 3.8) is 0 Å². The molecule has 1 N–H and O–H groups in total. The van der Waals surface area contributed by atoms with Crippen molar-refractivity contribution in [1.82, 2.24) is 15.3 Å². The summed E-state index contributed by atoms with van der Waals surface area (Å²) in [6.45, 7) is 0.430. The molecule has 98 valence electrons. The second-order valence-electron chi connectivity index (χ2n) is 3.88. The SMILES string of the molecule is O=C(NCCc1cncnc1)c1ccc(F)cc1Cl. The maximum absolute atomic E-state index is 12.9. The summed E-state index contributed by atoms with van der Waals surface area (Å²) in [5.41, 5.74) is 1.18. The average Bonchev–Trinajstić information content (AvgIpc) is 2.39. The lowest BCUT2D eigenvalue weighted by molar-refractivity contribution is 0.0954. The molecule has 0 saturated heterocycles. The average molecular weight is 280 g/mol. The van der Waals surface area contributed by atoms with Crippen molar-refractivity contribution in [2.45, 2.75) is 6.42 Å². The zero-order valence-electron chi connectivity index (χ0n) is 9.94. The Hall–Kier alpha value is -2.01. The number of nitrogens with zero attached hydrogens (tertiary/aromatic N) is 2. The summed E-state index contributed by atoms with van der Waals surface area (Å²) >= 11 is 5.80. The number of hydrogen-bond acceptors (Lipinski definition) is 3. The third-order valence-corrected chi connectivity index (χ3v) is 2.80. The van der Waals surface area contributed by atoms with Crippen LogP contribution in [-0.2, 0) is 6.42 Å². The Morgan fingerprint density at radius 1 is 1.32 bits per heavy atom. The second-order valence-corrected chi connectivity index (χ2v) is 4.28. The van der Waals surface area contributed by atoms with Gasteiger partial charge in [0.15, 0.2) is 0 Å². The number of aromatic nitrogens is 2. The lowest BCUT2D eigenvalue weighted by Gasteiger charge is -2.06. The molecule has 2 aromatic rings. The predicted octanol–water partition coefficient (Wildman–Crippen LogP) is 2.24. The third-order valence-electron chi connectivity index (χ3n) is 2.49. The summed E-state index contributed by atoms with van der Waals surface area (Å²) < 4.78 is 12.9. The lowest BCUT2D eigenvalue weighted by atomic mass is 10.2. The molecule has 0 atom stereocenters. The van der Waals surface area contributed by atoms with Gasteiger partial charge < -0.3 is 5.32 Å². The van der Waals surface area contributed by atoms with Gasteiger partial charge in [0.1, 0.15) is 12.1 Å². The van der Waals surface area contributed by atoms with Gasteiger partial charge in [0, 0.05) is 18.9 Å². The highest BCUT2D eigenvalue weighted by molar-refractivity contribution is 6.33. The van der Waals surface area contributed by atoms with Crippen LogP contribution in [0.4, 0.5) is 4.39 Å². The van der Waals surface area contributed by atoms with Gasteiger partial charge in [0.05, 0.1) is 10.6 Å². The molecule has 0 radical (unpaired) electrons. The number of benzene rings is 1. The van der Waals surface area contributed by atoms with E-state index >= 15 is 0 Å². The topological polar surface area (TPSA) is 54.9 Å². The van der Waals surface area contributed by atoms with Crippen molar-refractivity contribution in [3.05, 3.63) is 58.9 Å². The van der Waals surface area contributed by atoms with Crippen LogP contribution in [0.5, 0.6) is 0 Å². The number of amides is 1.